The monoisotopic (exact) mass is 325 g/mol. The first-order chi connectivity index (χ1) is 11.7. The maximum Gasteiger partial charge on any atom is 0.258 e. The van der Waals surface area contributed by atoms with Gasteiger partial charge in [-0.1, -0.05) is 42.5 Å². The van der Waals surface area contributed by atoms with E-state index in [1.54, 1.807) is 0 Å². The molecule has 1 saturated heterocycles. The molecule has 0 spiro atoms. The Morgan fingerprint density at radius 1 is 1.17 bits per heavy atom. The van der Waals surface area contributed by atoms with Crippen LogP contribution in [0.5, 0.6) is 5.75 Å². The highest BCUT2D eigenvalue weighted by Crippen LogP contribution is 2.22. The second-order valence-corrected chi connectivity index (χ2v) is 6.09. The van der Waals surface area contributed by atoms with Crippen LogP contribution in [0.15, 0.2) is 54.6 Å². The predicted octanol–water partition coefficient (Wildman–Crippen LogP) is 3.42. The zero-order chi connectivity index (χ0) is 16.8. The van der Waals surface area contributed by atoms with Gasteiger partial charge in [0, 0.05) is 6.61 Å². The number of hydrogen-bond acceptors (Lipinski definition) is 3. The average Bonchev–Trinajstić information content (AvgIpc) is 3.16. The summed E-state index contributed by atoms with van der Waals surface area (Å²) >= 11 is 0. The smallest absolute Gasteiger partial charge is 0.258 e. The van der Waals surface area contributed by atoms with Crippen LogP contribution in [0.3, 0.4) is 0 Å². The Morgan fingerprint density at radius 2 is 1.88 bits per heavy atom. The maximum absolute atomic E-state index is 12.0. The summed E-state index contributed by atoms with van der Waals surface area (Å²) in [6.45, 7) is 2.78. The fraction of sp³-hybridized carbons (Fsp3) is 0.350. The molecule has 0 radical (unpaired) electrons. The quantitative estimate of drug-likeness (QED) is 0.885. The lowest BCUT2D eigenvalue weighted by Crippen LogP contribution is -2.42. The molecule has 0 aromatic heterocycles. The molecule has 4 heteroatoms. The van der Waals surface area contributed by atoms with Gasteiger partial charge in [-0.25, -0.2) is 0 Å². The van der Waals surface area contributed by atoms with Gasteiger partial charge in [-0.2, -0.15) is 0 Å². The highest BCUT2D eigenvalue weighted by Gasteiger charge is 2.23. The summed E-state index contributed by atoms with van der Waals surface area (Å²) in [5.74, 6) is 0.569. The van der Waals surface area contributed by atoms with Gasteiger partial charge in [-0.15, -0.1) is 0 Å². The molecule has 1 aliphatic heterocycles. The van der Waals surface area contributed by atoms with Crippen molar-refractivity contribution in [3.8, 4) is 16.9 Å². The van der Waals surface area contributed by atoms with Crippen LogP contribution in [0, 0.1) is 0 Å². The van der Waals surface area contributed by atoms with Crippen LogP contribution in [0.25, 0.3) is 11.1 Å². The van der Waals surface area contributed by atoms with E-state index in [2.05, 4.69) is 17.4 Å². The summed E-state index contributed by atoms with van der Waals surface area (Å²) in [7, 11) is 0. The maximum atomic E-state index is 12.0. The molecule has 1 aliphatic rings. The number of carbonyl (C=O) groups excluding carboxylic acids is 1. The first-order valence-corrected chi connectivity index (χ1v) is 8.41. The van der Waals surface area contributed by atoms with Crippen LogP contribution in [-0.4, -0.2) is 31.3 Å². The Hall–Kier alpha value is -2.33. The van der Waals surface area contributed by atoms with Crippen molar-refractivity contribution in [3.63, 3.8) is 0 Å². The van der Waals surface area contributed by atoms with Gasteiger partial charge in [0.15, 0.2) is 6.61 Å². The summed E-state index contributed by atoms with van der Waals surface area (Å²) < 4.78 is 11.1. The minimum absolute atomic E-state index is 0.0156. The second kappa shape index (κ2) is 7.97. The summed E-state index contributed by atoms with van der Waals surface area (Å²) in [5.41, 5.74) is 2.28. The largest absolute Gasteiger partial charge is 0.484 e. The van der Waals surface area contributed by atoms with Gasteiger partial charge < -0.3 is 14.8 Å². The summed E-state index contributed by atoms with van der Waals surface area (Å²) in [6, 6.07) is 17.9. The molecular formula is C20H23NO3. The average molecular weight is 325 g/mol. The molecule has 0 bridgehead atoms. The topological polar surface area (TPSA) is 47.6 Å². The molecule has 0 saturated carbocycles. The first kappa shape index (κ1) is 16.5. The summed E-state index contributed by atoms with van der Waals surface area (Å²) in [6.07, 6.45) is 2.19. The van der Waals surface area contributed by atoms with Gasteiger partial charge >= 0.3 is 0 Å². The third-order valence-corrected chi connectivity index (χ3v) is 4.24. The molecule has 4 nitrogen and oxygen atoms in total. The molecule has 1 heterocycles. The van der Waals surface area contributed by atoms with Crippen LogP contribution in [0.2, 0.25) is 0 Å². The van der Waals surface area contributed by atoms with Gasteiger partial charge in [0.2, 0.25) is 0 Å². The van der Waals surface area contributed by atoms with E-state index in [-0.39, 0.29) is 24.7 Å². The van der Waals surface area contributed by atoms with Crippen LogP contribution in [0.1, 0.15) is 19.8 Å². The Balaban J connectivity index is 1.48. The van der Waals surface area contributed by atoms with E-state index < -0.39 is 0 Å². The Bertz CT molecular complexity index is 648. The summed E-state index contributed by atoms with van der Waals surface area (Å²) in [4.78, 5) is 12.0. The first-order valence-electron chi connectivity index (χ1n) is 8.41. The van der Waals surface area contributed by atoms with E-state index in [1.165, 1.54) is 0 Å². The van der Waals surface area contributed by atoms with E-state index in [9.17, 15) is 4.79 Å². The van der Waals surface area contributed by atoms with Crippen LogP contribution < -0.4 is 10.1 Å². The molecular weight excluding hydrogens is 302 g/mol. The molecule has 1 fully saturated rings. The van der Waals surface area contributed by atoms with E-state index in [0.717, 1.165) is 30.6 Å². The third-order valence-electron chi connectivity index (χ3n) is 4.24. The fourth-order valence-electron chi connectivity index (χ4n) is 2.91. The van der Waals surface area contributed by atoms with Crippen molar-refractivity contribution >= 4 is 5.91 Å². The lowest BCUT2D eigenvalue weighted by molar-refractivity contribution is -0.124. The molecule has 1 N–H and O–H groups in total. The zero-order valence-corrected chi connectivity index (χ0v) is 13.9. The van der Waals surface area contributed by atoms with Crippen molar-refractivity contribution in [2.45, 2.75) is 31.9 Å². The van der Waals surface area contributed by atoms with Crippen molar-refractivity contribution in [2.24, 2.45) is 0 Å². The molecule has 24 heavy (non-hydrogen) atoms. The lowest BCUT2D eigenvalue weighted by Gasteiger charge is -2.20. The van der Waals surface area contributed by atoms with Gasteiger partial charge in [0.25, 0.3) is 5.91 Å². The minimum atomic E-state index is -0.120. The minimum Gasteiger partial charge on any atom is -0.484 e. The van der Waals surface area contributed by atoms with Crippen LogP contribution >= 0.6 is 0 Å². The number of ether oxygens (including phenoxy) is 2. The fourth-order valence-corrected chi connectivity index (χ4v) is 2.91. The number of benzene rings is 2. The predicted molar refractivity (Wildman–Crippen MR) is 94.0 cm³/mol. The van der Waals surface area contributed by atoms with Crippen molar-refractivity contribution in [3.05, 3.63) is 54.6 Å². The van der Waals surface area contributed by atoms with Gasteiger partial charge in [-0.05, 0) is 43.0 Å². The third kappa shape index (κ3) is 4.36. The van der Waals surface area contributed by atoms with E-state index in [0.29, 0.717) is 5.75 Å². The Kier molecular flexibility index (Phi) is 5.49. The number of carbonyl (C=O) groups is 1. The highest BCUT2D eigenvalue weighted by atomic mass is 16.5. The molecule has 2 aromatic rings. The Morgan fingerprint density at radius 3 is 2.54 bits per heavy atom. The van der Waals surface area contributed by atoms with Crippen LogP contribution in [0.4, 0.5) is 0 Å². The standard InChI is InChI=1S/C20H23NO3/c1-15(19-8-5-13-23-19)21-20(22)14-24-18-11-9-17(10-12-18)16-6-3-2-4-7-16/h2-4,6-7,9-12,15,19H,5,8,13-14H2,1H3,(H,21,22)/t15-,19-/m0/s1. The molecule has 126 valence electrons. The van der Waals surface area contributed by atoms with Crippen molar-refractivity contribution < 1.29 is 14.3 Å². The normalized spacial score (nSPS) is 18.1. The van der Waals surface area contributed by atoms with Crippen molar-refractivity contribution in [2.75, 3.05) is 13.2 Å². The molecule has 3 rings (SSSR count). The van der Waals surface area contributed by atoms with E-state index >= 15 is 0 Å². The molecule has 2 atom stereocenters. The SMILES string of the molecule is C[C@H](NC(=O)COc1ccc(-c2ccccc2)cc1)[C@@H]1CCCO1. The Labute approximate surface area is 142 Å². The summed E-state index contributed by atoms with van der Waals surface area (Å²) in [5, 5.41) is 2.94. The second-order valence-electron chi connectivity index (χ2n) is 6.09. The number of rotatable bonds is 6. The molecule has 1 amide bonds. The number of nitrogens with one attached hydrogen (secondary N) is 1. The highest BCUT2D eigenvalue weighted by molar-refractivity contribution is 5.78. The molecule has 2 aromatic carbocycles. The van der Waals surface area contributed by atoms with Crippen LogP contribution in [-0.2, 0) is 9.53 Å². The van der Waals surface area contributed by atoms with Gasteiger partial charge in [0.1, 0.15) is 5.75 Å². The van der Waals surface area contributed by atoms with E-state index in [1.807, 2.05) is 49.4 Å². The molecule has 0 unspecified atom stereocenters. The molecule has 0 aliphatic carbocycles. The number of amides is 1. The van der Waals surface area contributed by atoms with Crippen molar-refractivity contribution in [1.29, 1.82) is 0 Å². The van der Waals surface area contributed by atoms with E-state index in [4.69, 9.17) is 9.47 Å². The van der Waals surface area contributed by atoms with Crippen molar-refractivity contribution in [1.82, 2.24) is 5.32 Å². The zero-order valence-electron chi connectivity index (χ0n) is 13.9. The number of hydrogen-bond donors (Lipinski definition) is 1. The van der Waals surface area contributed by atoms with Gasteiger partial charge in [0.05, 0.1) is 12.1 Å². The van der Waals surface area contributed by atoms with Gasteiger partial charge in [-0.3, -0.25) is 4.79 Å². The lowest BCUT2D eigenvalue weighted by atomic mass is 10.1.